The van der Waals surface area contributed by atoms with Gasteiger partial charge in [-0.15, -0.1) is 0 Å². The van der Waals surface area contributed by atoms with Crippen molar-refractivity contribution in [1.82, 2.24) is 14.9 Å². The molecule has 0 bridgehead atoms. The van der Waals surface area contributed by atoms with Crippen molar-refractivity contribution in [3.8, 4) is 5.88 Å². The maximum Gasteiger partial charge on any atom is 0.349 e. The second-order valence-electron chi connectivity index (χ2n) is 5.13. The lowest BCUT2D eigenvalue weighted by Crippen LogP contribution is -2.26. The Bertz CT molecular complexity index is 493. The van der Waals surface area contributed by atoms with Crippen LogP contribution in [0.2, 0.25) is 0 Å². The van der Waals surface area contributed by atoms with Crippen LogP contribution in [0.5, 0.6) is 5.88 Å². The second-order valence-corrected chi connectivity index (χ2v) is 5.13. The standard InChI is InChI=1S/C13H21N5O3/c1-3-6-14-13-15-9-11(18(19)20)12(16-13)21-8-7-17(2)10-4-5-10/h9-10H,3-8H2,1-2H3,(H,14,15,16). The average Bonchev–Trinajstić information content (AvgIpc) is 3.29. The predicted molar refractivity (Wildman–Crippen MR) is 78.6 cm³/mol. The molecule has 0 aliphatic heterocycles. The first-order chi connectivity index (χ1) is 10.1. The lowest BCUT2D eigenvalue weighted by Gasteiger charge is -2.15. The van der Waals surface area contributed by atoms with Crippen molar-refractivity contribution in [2.24, 2.45) is 0 Å². The highest BCUT2D eigenvalue weighted by atomic mass is 16.6. The fraction of sp³-hybridized carbons (Fsp3) is 0.692. The molecular formula is C13H21N5O3. The minimum absolute atomic E-state index is 0.0257. The van der Waals surface area contributed by atoms with E-state index < -0.39 is 4.92 Å². The summed E-state index contributed by atoms with van der Waals surface area (Å²) in [5.74, 6) is 0.380. The molecule has 1 N–H and O–H groups in total. The summed E-state index contributed by atoms with van der Waals surface area (Å²) in [4.78, 5) is 20.7. The zero-order valence-electron chi connectivity index (χ0n) is 12.4. The summed E-state index contributed by atoms with van der Waals surface area (Å²) in [7, 11) is 2.03. The van der Waals surface area contributed by atoms with Gasteiger partial charge in [0.25, 0.3) is 5.88 Å². The zero-order valence-corrected chi connectivity index (χ0v) is 12.4. The first-order valence-corrected chi connectivity index (χ1v) is 7.20. The van der Waals surface area contributed by atoms with E-state index in [-0.39, 0.29) is 11.6 Å². The van der Waals surface area contributed by atoms with Crippen molar-refractivity contribution in [2.75, 3.05) is 32.1 Å². The molecule has 1 aliphatic carbocycles. The molecule has 21 heavy (non-hydrogen) atoms. The van der Waals surface area contributed by atoms with Crippen LogP contribution in [0.4, 0.5) is 11.6 Å². The molecule has 8 nitrogen and oxygen atoms in total. The molecule has 1 fully saturated rings. The van der Waals surface area contributed by atoms with Gasteiger partial charge in [-0.3, -0.25) is 10.1 Å². The number of nitro groups is 1. The first kappa shape index (κ1) is 15.4. The van der Waals surface area contributed by atoms with Gasteiger partial charge in [-0.1, -0.05) is 6.92 Å². The predicted octanol–water partition coefficient (Wildman–Crippen LogP) is 1.68. The van der Waals surface area contributed by atoms with Crippen molar-refractivity contribution in [2.45, 2.75) is 32.2 Å². The van der Waals surface area contributed by atoms with Crippen molar-refractivity contribution in [1.29, 1.82) is 0 Å². The third kappa shape index (κ3) is 4.52. The van der Waals surface area contributed by atoms with E-state index in [9.17, 15) is 10.1 Å². The summed E-state index contributed by atoms with van der Waals surface area (Å²) in [6.07, 6.45) is 4.54. The summed E-state index contributed by atoms with van der Waals surface area (Å²) in [5, 5.41) is 14.0. The second kappa shape index (κ2) is 7.16. The SMILES string of the molecule is CCCNc1ncc([N+](=O)[O-])c(OCCN(C)C2CC2)n1. The van der Waals surface area contributed by atoms with Crippen molar-refractivity contribution < 1.29 is 9.66 Å². The van der Waals surface area contributed by atoms with E-state index in [0.29, 0.717) is 25.1 Å². The Hall–Kier alpha value is -1.96. The highest BCUT2D eigenvalue weighted by molar-refractivity contribution is 5.43. The van der Waals surface area contributed by atoms with Gasteiger partial charge < -0.3 is 15.0 Å². The van der Waals surface area contributed by atoms with E-state index in [4.69, 9.17) is 4.74 Å². The fourth-order valence-electron chi connectivity index (χ4n) is 1.90. The summed E-state index contributed by atoms with van der Waals surface area (Å²) in [6.45, 7) is 3.83. The molecule has 1 heterocycles. The number of nitrogens with one attached hydrogen (secondary N) is 1. The summed E-state index contributed by atoms with van der Waals surface area (Å²) in [5.41, 5.74) is -0.203. The average molecular weight is 295 g/mol. The Morgan fingerprint density at radius 1 is 1.57 bits per heavy atom. The van der Waals surface area contributed by atoms with Gasteiger partial charge >= 0.3 is 5.69 Å². The quantitative estimate of drug-likeness (QED) is 0.547. The van der Waals surface area contributed by atoms with Crippen LogP contribution in [-0.4, -0.2) is 52.6 Å². The third-order valence-corrected chi connectivity index (χ3v) is 3.32. The monoisotopic (exact) mass is 295 g/mol. The van der Waals surface area contributed by atoms with Gasteiger partial charge in [0.2, 0.25) is 5.95 Å². The Kier molecular flexibility index (Phi) is 5.26. The van der Waals surface area contributed by atoms with Crippen LogP contribution in [-0.2, 0) is 0 Å². The molecule has 0 amide bonds. The topological polar surface area (TPSA) is 93.4 Å². The third-order valence-electron chi connectivity index (χ3n) is 3.32. The molecule has 1 aromatic rings. The molecule has 0 spiro atoms. The normalized spacial score (nSPS) is 14.2. The molecule has 0 saturated heterocycles. The molecule has 0 radical (unpaired) electrons. The molecule has 1 aliphatic rings. The van der Waals surface area contributed by atoms with E-state index in [2.05, 4.69) is 20.2 Å². The maximum absolute atomic E-state index is 11.0. The van der Waals surface area contributed by atoms with Crippen LogP contribution in [0.1, 0.15) is 26.2 Å². The van der Waals surface area contributed by atoms with Crippen LogP contribution < -0.4 is 10.1 Å². The number of likely N-dealkylation sites (N-methyl/N-ethyl adjacent to an activating group) is 1. The Balaban J connectivity index is 1.97. The number of rotatable bonds is 9. The van der Waals surface area contributed by atoms with Crippen molar-refractivity contribution in [3.05, 3.63) is 16.3 Å². The summed E-state index contributed by atoms with van der Waals surface area (Å²) < 4.78 is 5.49. The highest BCUT2D eigenvalue weighted by Gasteiger charge is 2.26. The molecule has 1 saturated carbocycles. The molecular weight excluding hydrogens is 274 g/mol. The Labute approximate surface area is 123 Å². The molecule has 0 unspecified atom stereocenters. The van der Waals surface area contributed by atoms with E-state index >= 15 is 0 Å². The van der Waals surface area contributed by atoms with Crippen LogP contribution in [0.25, 0.3) is 0 Å². The van der Waals surface area contributed by atoms with Gasteiger partial charge in [0, 0.05) is 19.1 Å². The largest absolute Gasteiger partial charge is 0.471 e. The number of aromatic nitrogens is 2. The summed E-state index contributed by atoms with van der Waals surface area (Å²) in [6, 6.07) is 0.635. The molecule has 0 atom stereocenters. The molecule has 2 rings (SSSR count). The molecule has 116 valence electrons. The Morgan fingerprint density at radius 2 is 2.33 bits per heavy atom. The number of ether oxygens (including phenoxy) is 1. The Morgan fingerprint density at radius 3 is 2.95 bits per heavy atom. The molecule has 1 aromatic heterocycles. The van der Waals surface area contributed by atoms with Gasteiger partial charge in [-0.05, 0) is 26.3 Å². The van der Waals surface area contributed by atoms with Gasteiger partial charge in [-0.25, -0.2) is 4.98 Å². The van der Waals surface area contributed by atoms with Gasteiger partial charge in [0.1, 0.15) is 12.8 Å². The van der Waals surface area contributed by atoms with Gasteiger partial charge in [0.05, 0.1) is 4.92 Å². The first-order valence-electron chi connectivity index (χ1n) is 7.20. The summed E-state index contributed by atoms with van der Waals surface area (Å²) >= 11 is 0. The number of nitrogens with zero attached hydrogens (tertiary/aromatic N) is 4. The molecule has 0 aromatic carbocycles. The maximum atomic E-state index is 11.0. The zero-order chi connectivity index (χ0) is 15.2. The van der Waals surface area contributed by atoms with E-state index in [1.54, 1.807) is 0 Å². The van der Waals surface area contributed by atoms with Gasteiger partial charge in [-0.2, -0.15) is 4.98 Å². The highest BCUT2D eigenvalue weighted by Crippen LogP contribution is 2.26. The number of anilines is 1. The van der Waals surface area contributed by atoms with E-state index in [1.807, 2.05) is 14.0 Å². The molecule has 8 heteroatoms. The van der Waals surface area contributed by atoms with Crippen molar-refractivity contribution in [3.63, 3.8) is 0 Å². The van der Waals surface area contributed by atoms with Gasteiger partial charge in [0.15, 0.2) is 0 Å². The number of hydrogen-bond acceptors (Lipinski definition) is 7. The lowest BCUT2D eigenvalue weighted by molar-refractivity contribution is -0.386. The smallest absolute Gasteiger partial charge is 0.349 e. The number of hydrogen-bond donors (Lipinski definition) is 1. The van der Waals surface area contributed by atoms with Crippen LogP contribution in [0.15, 0.2) is 6.20 Å². The van der Waals surface area contributed by atoms with Crippen LogP contribution in [0.3, 0.4) is 0 Å². The van der Waals surface area contributed by atoms with Crippen LogP contribution >= 0.6 is 0 Å². The van der Waals surface area contributed by atoms with E-state index in [1.165, 1.54) is 19.0 Å². The minimum atomic E-state index is -0.524. The van der Waals surface area contributed by atoms with Crippen molar-refractivity contribution >= 4 is 11.6 Å². The van der Waals surface area contributed by atoms with Crippen LogP contribution in [0, 0.1) is 10.1 Å². The fourth-order valence-corrected chi connectivity index (χ4v) is 1.90. The lowest BCUT2D eigenvalue weighted by atomic mass is 10.5. The minimum Gasteiger partial charge on any atom is -0.471 e. The van der Waals surface area contributed by atoms with E-state index in [0.717, 1.165) is 13.0 Å².